The van der Waals surface area contributed by atoms with Gasteiger partial charge in [0.05, 0.1) is 11.3 Å². The Morgan fingerprint density at radius 3 is 2.21 bits per heavy atom. The first kappa shape index (κ1) is 22.8. The highest BCUT2D eigenvalue weighted by molar-refractivity contribution is 5.94. The van der Waals surface area contributed by atoms with Crippen LogP contribution in [0.25, 0.3) is 11.3 Å². The number of aromatic nitrogens is 2. The number of halogens is 3. The zero-order valence-corrected chi connectivity index (χ0v) is 18.8. The van der Waals surface area contributed by atoms with Gasteiger partial charge in [0.1, 0.15) is 17.5 Å². The Labute approximate surface area is 190 Å². The second-order valence-corrected chi connectivity index (χ2v) is 8.39. The Morgan fingerprint density at radius 2 is 1.58 bits per heavy atom. The summed E-state index contributed by atoms with van der Waals surface area (Å²) in [6.07, 6.45) is 1.37. The monoisotopic (exact) mass is 454 g/mol. The molecule has 0 spiro atoms. The first-order chi connectivity index (χ1) is 15.8. The lowest BCUT2D eigenvalue weighted by molar-refractivity contribution is 0.0704. The van der Waals surface area contributed by atoms with Crippen LogP contribution in [-0.2, 0) is 0 Å². The zero-order chi connectivity index (χ0) is 23.7. The topological polar surface area (TPSA) is 49.3 Å². The van der Waals surface area contributed by atoms with E-state index < -0.39 is 17.5 Å². The largest absolute Gasteiger partial charge is 0.355 e. The number of anilines is 1. The molecule has 0 aliphatic carbocycles. The van der Waals surface area contributed by atoms with E-state index in [1.807, 2.05) is 13.8 Å². The summed E-state index contributed by atoms with van der Waals surface area (Å²) in [7, 11) is 1.65. The molecular formula is C25H25F3N4O. The van der Waals surface area contributed by atoms with E-state index >= 15 is 0 Å². The summed E-state index contributed by atoms with van der Waals surface area (Å²) >= 11 is 0. The SMILES string of the molecule is Cc1c(-c2ccc(F)cc2)nnc(N2CCC(N(C)C(=O)c3ccc(F)cc3F)CC2)c1C. The molecule has 0 unspecified atom stereocenters. The first-order valence-electron chi connectivity index (χ1n) is 10.8. The van der Waals surface area contributed by atoms with E-state index in [4.69, 9.17) is 0 Å². The van der Waals surface area contributed by atoms with E-state index in [1.54, 1.807) is 19.2 Å². The van der Waals surface area contributed by atoms with Crippen molar-refractivity contribution in [1.29, 1.82) is 0 Å². The van der Waals surface area contributed by atoms with Crippen molar-refractivity contribution in [3.8, 4) is 11.3 Å². The van der Waals surface area contributed by atoms with Gasteiger partial charge in [0.15, 0.2) is 5.82 Å². The van der Waals surface area contributed by atoms with E-state index in [0.717, 1.165) is 40.3 Å². The van der Waals surface area contributed by atoms with Crippen LogP contribution in [0, 0.1) is 31.3 Å². The first-order valence-corrected chi connectivity index (χ1v) is 10.8. The van der Waals surface area contributed by atoms with Crippen molar-refractivity contribution < 1.29 is 18.0 Å². The molecule has 1 fully saturated rings. The Hall–Kier alpha value is -3.42. The Bertz CT molecular complexity index is 1180. The molecule has 3 aromatic rings. The Kier molecular flexibility index (Phi) is 6.35. The molecule has 1 amide bonds. The summed E-state index contributed by atoms with van der Waals surface area (Å²) in [5.74, 6) is -1.54. The lowest BCUT2D eigenvalue weighted by Crippen LogP contribution is -2.46. The van der Waals surface area contributed by atoms with Gasteiger partial charge in [0.2, 0.25) is 0 Å². The van der Waals surface area contributed by atoms with Crippen LogP contribution in [0.1, 0.15) is 34.3 Å². The molecule has 172 valence electrons. The second kappa shape index (κ2) is 9.21. The number of piperidine rings is 1. The highest BCUT2D eigenvalue weighted by Crippen LogP contribution is 2.30. The maximum Gasteiger partial charge on any atom is 0.256 e. The normalized spacial score (nSPS) is 14.4. The lowest BCUT2D eigenvalue weighted by atomic mass is 10.00. The fraction of sp³-hybridized carbons (Fsp3) is 0.320. The molecule has 0 atom stereocenters. The van der Waals surface area contributed by atoms with Crippen molar-refractivity contribution >= 4 is 11.7 Å². The van der Waals surface area contributed by atoms with Crippen molar-refractivity contribution in [2.24, 2.45) is 0 Å². The van der Waals surface area contributed by atoms with Gasteiger partial charge >= 0.3 is 0 Å². The number of nitrogens with zero attached hydrogens (tertiary/aromatic N) is 4. The molecule has 5 nitrogen and oxygen atoms in total. The minimum atomic E-state index is -0.855. The molecule has 8 heteroatoms. The fourth-order valence-corrected chi connectivity index (χ4v) is 4.26. The molecule has 2 heterocycles. The van der Waals surface area contributed by atoms with Gasteiger partial charge in [0.25, 0.3) is 5.91 Å². The molecule has 0 bridgehead atoms. The Morgan fingerprint density at radius 1 is 0.939 bits per heavy atom. The number of hydrogen-bond acceptors (Lipinski definition) is 4. The third kappa shape index (κ3) is 4.55. The van der Waals surface area contributed by atoms with Gasteiger partial charge in [-0.1, -0.05) is 0 Å². The molecule has 33 heavy (non-hydrogen) atoms. The molecule has 2 aromatic carbocycles. The minimum Gasteiger partial charge on any atom is -0.355 e. The van der Waals surface area contributed by atoms with Crippen molar-refractivity contribution in [2.75, 3.05) is 25.0 Å². The summed E-state index contributed by atoms with van der Waals surface area (Å²) in [5.41, 5.74) is 3.38. The quantitative estimate of drug-likeness (QED) is 0.562. The third-order valence-electron chi connectivity index (χ3n) is 6.41. The van der Waals surface area contributed by atoms with Crippen LogP contribution < -0.4 is 4.90 Å². The zero-order valence-electron chi connectivity index (χ0n) is 18.8. The fourth-order valence-electron chi connectivity index (χ4n) is 4.26. The van der Waals surface area contributed by atoms with Crippen molar-refractivity contribution in [1.82, 2.24) is 15.1 Å². The average molecular weight is 454 g/mol. The lowest BCUT2D eigenvalue weighted by Gasteiger charge is -2.37. The molecule has 1 saturated heterocycles. The van der Waals surface area contributed by atoms with Gasteiger partial charge < -0.3 is 9.80 Å². The molecular weight excluding hydrogens is 429 g/mol. The van der Waals surface area contributed by atoms with Crippen LogP contribution in [-0.4, -0.2) is 47.2 Å². The van der Waals surface area contributed by atoms with Gasteiger partial charge in [-0.15, -0.1) is 10.2 Å². The van der Waals surface area contributed by atoms with E-state index in [-0.39, 0.29) is 17.4 Å². The van der Waals surface area contributed by atoms with E-state index in [1.165, 1.54) is 23.1 Å². The molecule has 0 saturated carbocycles. The molecule has 0 radical (unpaired) electrons. The number of carbonyl (C=O) groups is 1. The predicted molar refractivity (Wildman–Crippen MR) is 121 cm³/mol. The Balaban J connectivity index is 1.46. The van der Waals surface area contributed by atoms with Crippen LogP contribution in [0.5, 0.6) is 0 Å². The van der Waals surface area contributed by atoms with Gasteiger partial charge in [-0.3, -0.25) is 4.79 Å². The van der Waals surface area contributed by atoms with Gasteiger partial charge in [-0.2, -0.15) is 0 Å². The standard InChI is InChI=1S/C25H25F3N4O/c1-15-16(2)24(30-29-23(15)17-4-6-18(26)7-5-17)32-12-10-20(11-13-32)31(3)25(33)21-9-8-19(27)14-22(21)28/h4-9,14,20H,10-13H2,1-3H3. The highest BCUT2D eigenvalue weighted by Gasteiger charge is 2.29. The predicted octanol–water partition coefficient (Wildman–Crippen LogP) is 4.92. The molecule has 0 N–H and O–H groups in total. The molecule has 1 aliphatic rings. The molecule has 1 aliphatic heterocycles. The van der Waals surface area contributed by atoms with Crippen LogP contribution in [0.15, 0.2) is 42.5 Å². The summed E-state index contributed by atoms with van der Waals surface area (Å²) in [5, 5.41) is 8.85. The molecule has 4 rings (SSSR count). The number of amides is 1. The third-order valence-corrected chi connectivity index (χ3v) is 6.41. The van der Waals surface area contributed by atoms with Gasteiger partial charge in [0, 0.05) is 37.8 Å². The van der Waals surface area contributed by atoms with Crippen LogP contribution in [0.3, 0.4) is 0 Å². The average Bonchev–Trinajstić information content (AvgIpc) is 2.81. The van der Waals surface area contributed by atoms with Gasteiger partial charge in [-0.25, -0.2) is 13.2 Å². The van der Waals surface area contributed by atoms with Crippen molar-refractivity contribution in [3.63, 3.8) is 0 Å². The number of hydrogen-bond donors (Lipinski definition) is 0. The second-order valence-electron chi connectivity index (χ2n) is 8.39. The smallest absolute Gasteiger partial charge is 0.256 e. The number of carbonyl (C=O) groups excluding carboxylic acids is 1. The summed E-state index contributed by atoms with van der Waals surface area (Å²) < 4.78 is 40.5. The van der Waals surface area contributed by atoms with E-state index in [2.05, 4.69) is 15.1 Å². The van der Waals surface area contributed by atoms with Crippen molar-refractivity contribution in [3.05, 3.63) is 76.6 Å². The van der Waals surface area contributed by atoms with Crippen LogP contribution in [0.4, 0.5) is 19.0 Å². The van der Waals surface area contributed by atoms with E-state index in [9.17, 15) is 18.0 Å². The summed E-state index contributed by atoms with van der Waals surface area (Å²) in [6.45, 7) is 5.30. The maximum absolute atomic E-state index is 14.0. The highest BCUT2D eigenvalue weighted by atomic mass is 19.1. The van der Waals surface area contributed by atoms with E-state index in [0.29, 0.717) is 25.9 Å². The van der Waals surface area contributed by atoms with Crippen molar-refractivity contribution in [2.45, 2.75) is 32.7 Å². The summed E-state index contributed by atoms with van der Waals surface area (Å²) in [6, 6.07) is 9.12. The van der Waals surface area contributed by atoms with Gasteiger partial charge in [-0.05, 0) is 74.2 Å². The summed E-state index contributed by atoms with van der Waals surface area (Å²) in [4.78, 5) is 16.4. The maximum atomic E-state index is 14.0. The van der Waals surface area contributed by atoms with Crippen LogP contribution in [0.2, 0.25) is 0 Å². The number of rotatable bonds is 4. The van der Waals surface area contributed by atoms with Crippen LogP contribution >= 0.6 is 0 Å². The minimum absolute atomic E-state index is 0.0638. The number of benzene rings is 2. The molecule has 1 aromatic heterocycles.